The summed E-state index contributed by atoms with van der Waals surface area (Å²) in [5.74, 6) is -0.142. The number of carbonyl (C=O) groups is 1. The van der Waals surface area contributed by atoms with Gasteiger partial charge in [-0.1, -0.05) is 0 Å². The quantitative estimate of drug-likeness (QED) is 0.871. The second-order valence-electron chi connectivity index (χ2n) is 4.93. The zero-order valence-electron chi connectivity index (χ0n) is 11.4. The highest BCUT2D eigenvalue weighted by Gasteiger charge is 2.16. The molecule has 2 N–H and O–H groups in total. The van der Waals surface area contributed by atoms with Gasteiger partial charge in [0, 0.05) is 12.6 Å². The summed E-state index contributed by atoms with van der Waals surface area (Å²) in [6.45, 7) is 1.82. The molecule has 1 aliphatic heterocycles. The van der Waals surface area contributed by atoms with Gasteiger partial charge in [0.2, 0.25) is 5.91 Å². The SMILES string of the molecule is Cl.O=C(Cn1cnc2sccc2c1=O)N[C@H]1CCCNC1. The Kier molecular flexibility index (Phi) is 5.33. The number of nitrogens with one attached hydrogen (secondary N) is 2. The molecule has 1 saturated heterocycles. The molecule has 0 aliphatic carbocycles. The Morgan fingerprint density at radius 1 is 1.57 bits per heavy atom. The van der Waals surface area contributed by atoms with E-state index in [0.29, 0.717) is 10.2 Å². The highest BCUT2D eigenvalue weighted by molar-refractivity contribution is 7.16. The third kappa shape index (κ3) is 3.61. The molecule has 0 bridgehead atoms. The Morgan fingerprint density at radius 3 is 3.19 bits per heavy atom. The maximum Gasteiger partial charge on any atom is 0.262 e. The minimum Gasteiger partial charge on any atom is -0.351 e. The number of carbonyl (C=O) groups excluding carboxylic acids is 1. The fourth-order valence-corrected chi connectivity index (χ4v) is 3.13. The van der Waals surface area contributed by atoms with Crippen molar-refractivity contribution in [3.8, 4) is 0 Å². The average Bonchev–Trinajstić information content (AvgIpc) is 2.92. The summed E-state index contributed by atoms with van der Waals surface area (Å²) in [6, 6.07) is 1.90. The van der Waals surface area contributed by atoms with Crippen LogP contribution < -0.4 is 16.2 Å². The topological polar surface area (TPSA) is 76.0 Å². The fourth-order valence-electron chi connectivity index (χ4n) is 2.41. The Labute approximate surface area is 132 Å². The van der Waals surface area contributed by atoms with E-state index < -0.39 is 0 Å². The number of hydrogen-bond donors (Lipinski definition) is 2. The van der Waals surface area contributed by atoms with Crippen molar-refractivity contribution in [2.24, 2.45) is 0 Å². The van der Waals surface area contributed by atoms with E-state index in [4.69, 9.17) is 0 Å². The van der Waals surface area contributed by atoms with E-state index in [0.717, 1.165) is 25.9 Å². The van der Waals surface area contributed by atoms with Crippen LogP contribution in [0.2, 0.25) is 0 Å². The maximum atomic E-state index is 12.2. The van der Waals surface area contributed by atoms with Crippen LogP contribution in [0.5, 0.6) is 0 Å². The molecule has 1 atom stereocenters. The van der Waals surface area contributed by atoms with Crippen LogP contribution in [-0.4, -0.2) is 34.6 Å². The van der Waals surface area contributed by atoms with Crippen molar-refractivity contribution in [2.75, 3.05) is 13.1 Å². The molecule has 0 unspecified atom stereocenters. The molecule has 0 aromatic carbocycles. The van der Waals surface area contributed by atoms with E-state index >= 15 is 0 Å². The molecule has 1 fully saturated rings. The summed E-state index contributed by atoms with van der Waals surface area (Å²) in [5, 5.41) is 8.60. The van der Waals surface area contributed by atoms with E-state index in [1.54, 1.807) is 6.07 Å². The molecule has 3 heterocycles. The third-order valence-corrected chi connectivity index (χ3v) is 4.25. The van der Waals surface area contributed by atoms with Crippen LogP contribution in [-0.2, 0) is 11.3 Å². The lowest BCUT2D eigenvalue weighted by Gasteiger charge is -2.23. The van der Waals surface area contributed by atoms with E-state index in [1.807, 2.05) is 5.38 Å². The second kappa shape index (κ2) is 7.02. The molecule has 1 amide bonds. The van der Waals surface area contributed by atoms with Gasteiger partial charge in [0.05, 0.1) is 11.7 Å². The van der Waals surface area contributed by atoms with Crippen molar-refractivity contribution in [3.63, 3.8) is 0 Å². The summed E-state index contributed by atoms with van der Waals surface area (Å²) in [4.78, 5) is 29.0. The number of fused-ring (bicyclic) bond motifs is 1. The van der Waals surface area contributed by atoms with Crippen molar-refractivity contribution in [1.82, 2.24) is 20.2 Å². The van der Waals surface area contributed by atoms with Gasteiger partial charge in [0.1, 0.15) is 11.4 Å². The van der Waals surface area contributed by atoms with Crippen molar-refractivity contribution < 1.29 is 4.79 Å². The van der Waals surface area contributed by atoms with Crippen LogP contribution in [0.25, 0.3) is 10.2 Å². The van der Waals surface area contributed by atoms with Gasteiger partial charge in [-0.25, -0.2) is 4.98 Å². The first-order valence-corrected chi connectivity index (χ1v) is 7.55. The molecule has 0 saturated carbocycles. The Bertz CT molecular complexity index is 678. The summed E-state index contributed by atoms with van der Waals surface area (Å²) < 4.78 is 1.36. The first-order chi connectivity index (χ1) is 9.74. The number of thiophene rings is 1. The summed E-state index contributed by atoms with van der Waals surface area (Å²) in [5.41, 5.74) is -0.159. The standard InChI is InChI=1S/C13H16N4O2S.ClH/c18-11(16-9-2-1-4-14-6-9)7-17-8-15-12-10(13(17)19)3-5-20-12;/h3,5,8-9,14H,1-2,4,6-7H2,(H,16,18);1H/t9-;/m0./s1. The summed E-state index contributed by atoms with van der Waals surface area (Å²) in [6.07, 6.45) is 3.49. The minimum absolute atomic E-state index is 0. The molecule has 21 heavy (non-hydrogen) atoms. The zero-order chi connectivity index (χ0) is 13.9. The number of halogens is 1. The molecule has 2 aromatic rings. The van der Waals surface area contributed by atoms with Gasteiger partial charge in [-0.15, -0.1) is 23.7 Å². The number of piperidine rings is 1. The number of aromatic nitrogens is 2. The smallest absolute Gasteiger partial charge is 0.262 e. The van der Waals surface area contributed by atoms with Gasteiger partial charge >= 0.3 is 0 Å². The molecule has 114 valence electrons. The van der Waals surface area contributed by atoms with E-state index in [1.165, 1.54) is 22.2 Å². The van der Waals surface area contributed by atoms with Crippen molar-refractivity contribution in [1.29, 1.82) is 0 Å². The van der Waals surface area contributed by atoms with Crippen LogP contribution in [0, 0.1) is 0 Å². The molecular formula is C13H17ClN4O2S. The molecule has 6 nitrogen and oxygen atoms in total. The van der Waals surface area contributed by atoms with Gasteiger partial charge in [0.25, 0.3) is 5.56 Å². The molecule has 0 spiro atoms. The number of rotatable bonds is 3. The predicted molar refractivity (Wildman–Crippen MR) is 85.2 cm³/mol. The Hall–Kier alpha value is -1.44. The molecule has 3 rings (SSSR count). The van der Waals surface area contributed by atoms with Gasteiger partial charge < -0.3 is 10.6 Å². The highest BCUT2D eigenvalue weighted by atomic mass is 35.5. The highest BCUT2D eigenvalue weighted by Crippen LogP contribution is 2.13. The lowest BCUT2D eigenvalue weighted by molar-refractivity contribution is -0.122. The van der Waals surface area contributed by atoms with E-state index in [2.05, 4.69) is 15.6 Å². The normalized spacial score (nSPS) is 18.2. The lowest BCUT2D eigenvalue weighted by Crippen LogP contribution is -2.47. The summed E-state index contributed by atoms with van der Waals surface area (Å²) in [7, 11) is 0. The lowest BCUT2D eigenvalue weighted by atomic mass is 10.1. The first-order valence-electron chi connectivity index (χ1n) is 6.67. The van der Waals surface area contributed by atoms with Crippen LogP contribution in [0.15, 0.2) is 22.6 Å². The van der Waals surface area contributed by atoms with Gasteiger partial charge in [0.15, 0.2) is 0 Å². The third-order valence-electron chi connectivity index (χ3n) is 3.43. The van der Waals surface area contributed by atoms with Crippen LogP contribution >= 0.6 is 23.7 Å². The van der Waals surface area contributed by atoms with Crippen molar-refractivity contribution >= 4 is 39.9 Å². The molecule has 2 aromatic heterocycles. The maximum absolute atomic E-state index is 12.2. The monoisotopic (exact) mass is 328 g/mol. The van der Waals surface area contributed by atoms with E-state index in [-0.39, 0.29) is 36.5 Å². The predicted octanol–water partition coefficient (Wildman–Crippen LogP) is 0.748. The number of amides is 1. The molecule has 1 aliphatic rings. The Balaban J connectivity index is 0.00000161. The molecular weight excluding hydrogens is 312 g/mol. The first kappa shape index (κ1) is 15.9. The van der Waals surface area contributed by atoms with Crippen molar-refractivity contribution in [3.05, 3.63) is 28.1 Å². The van der Waals surface area contributed by atoms with Crippen molar-refractivity contribution in [2.45, 2.75) is 25.4 Å². The molecule has 0 radical (unpaired) electrons. The van der Waals surface area contributed by atoms with Crippen LogP contribution in [0.1, 0.15) is 12.8 Å². The summed E-state index contributed by atoms with van der Waals surface area (Å²) >= 11 is 1.42. The molecule has 8 heteroatoms. The van der Waals surface area contributed by atoms with Gasteiger partial charge in [-0.2, -0.15) is 0 Å². The average molecular weight is 329 g/mol. The second-order valence-corrected chi connectivity index (χ2v) is 5.82. The largest absolute Gasteiger partial charge is 0.351 e. The van der Waals surface area contributed by atoms with Crippen LogP contribution in [0.3, 0.4) is 0 Å². The Morgan fingerprint density at radius 2 is 2.43 bits per heavy atom. The van der Waals surface area contributed by atoms with E-state index in [9.17, 15) is 9.59 Å². The zero-order valence-corrected chi connectivity index (χ0v) is 13.0. The number of nitrogens with zero attached hydrogens (tertiary/aromatic N) is 2. The number of hydrogen-bond acceptors (Lipinski definition) is 5. The van der Waals surface area contributed by atoms with Gasteiger partial charge in [-0.05, 0) is 30.8 Å². The van der Waals surface area contributed by atoms with Crippen LogP contribution in [0.4, 0.5) is 0 Å². The fraction of sp³-hybridized carbons (Fsp3) is 0.462. The minimum atomic E-state index is -0.159. The van der Waals surface area contributed by atoms with Gasteiger partial charge in [-0.3, -0.25) is 14.2 Å².